The van der Waals surface area contributed by atoms with Crippen molar-refractivity contribution in [3.63, 3.8) is 0 Å². The molecule has 0 atom stereocenters. The number of furan rings is 1. The third kappa shape index (κ3) is 1.95. The number of hydrogen-bond donors (Lipinski definition) is 0. The number of hydrogen-bond acceptors (Lipinski definition) is 3. The number of likely N-dealkylation sites (N-methyl/N-ethyl adjacent to an activating group) is 1. The normalized spacial score (nSPS) is 12.3. The van der Waals surface area contributed by atoms with Gasteiger partial charge in [-0.2, -0.15) is 0 Å². The van der Waals surface area contributed by atoms with Crippen LogP contribution in [0.3, 0.4) is 0 Å². The average molecular weight is 245 g/mol. The van der Waals surface area contributed by atoms with Gasteiger partial charge in [-0.15, -0.1) is 0 Å². The lowest BCUT2D eigenvalue weighted by Gasteiger charge is -2.29. The van der Waals surface area contributed by atoms with Crippen molar-refractivity contribution < 1.29 is 9.21 Å². The van der Waals surface area contributed by atoms with Crippen LogP contribution in [0.4, 0.5) is 0 Å². The van der Waals surface area contributed by atoms with Crippen molar-refractivity contribution in [3.05, 3.63) is 35.6 Å². The number of Topliss-reactive ketones (excluding diaryl/α,β-unsaturated/α-hetero) is 1. The molecule has 0 aliphatic carbocycles. The molecular weight excluding hydrogens is 226 g/mol. The van der Waals surface area contributed by atoms with Crippen LogP contribution in [-0.4, -0.2) is 30.3 Å². The zero-order valence-electron chi connectivity index (χ0n) is 11.6. The van der Waals surface area contributed by atoms with Gasteiger partial charge in [-0.25, -0.2) is 0 Å². The number of ketones is 1. The first kappa shape index (κ1) is 12.8. The molecule has 0 bridgehead atoms. The maximum atomic E-state index is 12.5. The monoisotopic (exact) mass is 245 g/mol. The van der Waals surface area contributed by atoms with Gasteiger partial charge in [0.05, 0.1) is 5.54 Å². The SMILES string of the molecule is Cc1cccc2cc(C(=O)C(C)(C)N(C)C)oc12. The van der Waals surface area contributed by atoms with E-state index in [4.69, 9.17) is 4.42 Å². The second kappa shape index (κ2) is 4.25. The van der Waals surface area contributed by atoms with Crippen molar-refractivity contribution >= 4 is 16.8 Å². The van der Waals surface area contributed by atoms with Crippen LogP contribution in [0.5, 0.6) is 0 Å². The maximum absolute atomic E-state index is 12.5. The number of rotatable bonds is 3. The van der Waals surface area contributed by atoms with E-state index in [1.54, 1.807) is 0 Å². The molecule has 1 heterocycles. The third-order valence-electron chi connectivity index (χ3n) is 3.64. The highest BCUT2D eigenvalue weighted by atomic mass is 16.3. The van der Waals surface area contributed by atoms with Crippen molar-refractivity contribution in [2.75, 3.05) is 14.1 Å². The lowest BCUT2D eigenvalue weighted by atomic mass is 9.96. The molecule has 0 radical (unpaired) electrons. The third-order valence-corrected chi connectivity index (χ3v) is 3.64. The Hall–Kier alpha value is -1.61. The highest BCUT2D eigenvalue weighted by molar-refractivity contribution is 6.03. The fourth-order valence-electron chi connectivity index (χ4n) is 1.83. The number of benzene rings is 1. The Balaban J connectivity index is 2.50. The Labute approximate surface area is 107 Å². The molecule has 2 rings (SSSR count). The van der Waals surface area contributed by atoms with Crippen LogP contribution in [0.2, 0.25) is 0 Å². The quantitative estimate of drug-likeness (QED) is 0.778. The zero-order chi connectivity index (χ0) is 13.5. The summed E-state index contributed by atoms with van der Waals surface area (Å²) in [6.45, 7) is 5.78. The van der Waals surface area contributed by atoms with E-state index in [9.17, 15) is 4.79 Å². The summed E-state index contributed by atoms with van der Waals surface area (Å²) in [6, 6.07) is 7.75. The summed E-state index contributed by atoms with van der Waals surface area (Å²) in [5, 5.41) is 0.980. The van der Waals surface area contributed by atoms with Gasteiger partial charge in [0.25, 0.3) is 0 Å². The summed E-state index contributed by atoms with van der Waals surface area (Å²) in [7, 11) is 3.79. The van der Waals surface area contributed by atoms with Crippen molar-refractivity contribution in [2.45, 2.75) is 26.3 Å². The number of carbonyl (C=O) groups is 1. The van der Waals surface area contributed by atoms with Gasteiger partial charge in [-0.1, -0.05) is 18.2 Å². The van der Waals surface area contributed by atoms with E-state index in [1.807, 2.05) is 64.0 Å². The minimum absolute atomic E-state index is 0.00287. The summed E-state index contributed by atoms with van der Waals surface area (Å²) in [4.78, 5) is 14.4. The molecule has 2 aromatic rings. The van der Waals surface area contributed by atoms with E-state index in [0.717, 1.165) is 16.5 Å². The molecule has 0 saturated heterocycles. The van der Waals surface area contributed by atoms with Gasteiger partial charge in [-0.3, -0.25) is 9.69 Å². The van der Waals surface area contributed by atoms with Gasteiger partial charge >= 0.3 is 0 Å². The molecule has 0 aliphatic heterocycles. The molecule has 0 amide bonds. The molecule has 3 heteroatoms. The summed E-state index contributed by atoms with van der Waals surface area (Å²) in [5.41, 5.74) is 1.28. The molecule has 96 valence electrons. The number of para-hydroxylation sites is 1. The average Bonchev–Trinajstić information content (AvgIpc) is 2.73. The van der Waals surface area contributed by atoms with Gasteiger partial charge in [0.2, 0.25) is 5.78 Å². The van der Waals surface area contributed by atoms with Crippen LogP contribution in [0.1, 0.15) is 30.0 Å². The van der Waals surface area contributed by atoms with Crippen LogP contribution in [0, 0.1) is 6.92 Å². The number of aryl methyl sites for hydroxylation is 1. The summed E-state index contributed by atoms with van der Waals surface area (Å²) in [5.74, 6) is 0.432. The zero-order valence-corrected chi connectivity index (χ0v) is 11.6. The van der Waals surface area contributed by atoms with Crippen LogP contribution < -0.4 is 0 Å². The second-order valence-corrected chi connectivity index (χ2v) is 5.39. The molecular formula is C15H19NO2. The molecule has 0 unspecified atom stereocenters. The standard InChI is InChI=1S/C15H19NO2/c1-10-7-6-8-11-9-12(18-13(10)11)14(17)15(2,3)16(4)5/h6-9H,1-5H3. The van der Waals surface area contributed by atoms with E-state index in [0.29, 0.717) is 5.76 Å². The van der Waals surface area contributed by atoms with Gasteiger partial charge in [0.1, 0.15) is 5.58 Å². The summed E-state index contributed by atoms with van der Waals surface area (Å²) < 4.78 is 5.72. The van der Waals surface area contributed by atoms with Crippen LogP contribution in [-0.2, 0) is 0 Å². The fourth-order valence-corrected chi connectivity index (χ4v) is 1.83. The second-order valence-electron chi connectivity index (χ2n) is 5.39. The Bertz CT molecular complexity index is 594. The first-order valence-corrected chi connectivity index (χ1v) is 6.05. The van der Waals surface area contributed by atoms with Gasteiger partial charge < -0.3 is 4.42 Å². The van der Waals surface area contributed by atoms with Gasteiger partial charge in [0.15, 0.2) is 5.76 Å². The van der Waals surface area contributed by atoms with E-state index >= 15 is 0 Å². The van der Waals surface area contributed by atoms with E-state index in [1.165, 1.54) is 0 Å². The molecule has 1 aromatic heterocycles. The first-order valence-electron chi connectivity index (χ1n) is 6.05. The molecule has 0 spiro atoms. The maximum Gasteiger partial charge on any atom is 0.217 e. The Kier molecular flexibility index (Phi) is 3.03. The van der Waals surface area contributed by atoms with E-state index in [-0.39, 0.29) is 5.78 Å². The lowest BCUT2D eigenvalue weighted by molar-refractivity contribution is 0.0727. The summed E-state index contributed by atoms with van der Waals surface area (Å²) in [6.07, 6.45) is 0. The van der Waals surface area contributed by atoms with Crippen LogP contribution in [0.25, 0.3) is 11.0 Å². The highest BCUT2D eigenvalue weighted by Crippen LogP contribution is 2.26. The van der Waals surface area contributed by atoms with Crippen molar-refractivity contribution in [1.29, 1.82) is 0 Å². The highest BCUT2D eigenvalue weighted by Gasteiger charge is 2.33. The Morgan fingerprint density at radius 2 is 1.94 bits per heavy atom. The largest absolute Gasteiger partial charge is 0.453 e. The molecule has 0 saturated carbocycles. The molecule has 0 aliphatic rings. The van der Waals surface area contributed by atoms with Crippen molar-refractivity contribution in [1.82, 2.24) is 4.90 Å². The molecule has 0 N–H and O–H groups in total. The van der Waals surface area contributed by atoms with Crippen molar-refractivity contribution in [3.8, 4) is 0 Å². The minimum atomic E-state index is -0.568. The number of fused-ring (bicyclic) bond motifs is 1. The van der Waals surface area contributed by atoms with Gasteiger partial charge in [-0.05, 0) is 46.5 Å². The lowest BCUT2D eigenvalue weighted by Crippen LogP contribution is -2.45. The molecule has 1 aromatic carbocycles. The Morgan fingerprint density at radius 1 is 1.28 bits per heavy atom. The van der Waals surface area contributed by atoms with Crippen LogP contribution >= 0.6 is 0 Å². The van der Waals surface area contributed by atoms with E-state index < -0.39 is 5.54 Å². The predicted octanol–water partition coefficient (Wildman–Crippen LogP) is 3.26. The number of nitrogens with zero attached hydrogens (tertiary/aromatic N) is 1. The predicted molar refractivity (Wildman–Crippen MR) is 73.0 cm³/mol. The fraction of sp³-hybridized carbons (Fsp3) is 0.400. The summed E-state index contributed by atoms with van der Waals surface area (Å²) >= 11 is 0. The van der Waals surface area contributed by atoms with Crippen LogP contribution in [0.15, 0.2) is 28.7 Å². The Morgan fingerprint density at radius 3 is 2.50 bits per heavy atom. The van der Waals surface area contributed by atoms with E-state index in [2.05, 4.69) is 0 Å². The molecule has 18 heavy (non-hydrogen) atoms. The molecule has 3 nitrogen and oxygen atoms in total. The number of carbonyl (C=O) groups excluding carboxylic acids is 1. The minimum Gasteiger partial charge on any atom is -0.453 e. The first-order chi connectivity index (χ1) is 8.34. The molecule has 0 fully saturated rings. The van der Waals surface area contributed by atoms with Gasteiger partial charge in [0, 0.05) is 5.39 Å². The van der Waals surface area contributed by atoms with Crippen molar-refractivity contribution in [2.24, 2.45) is 0 Å². The topological polar surface area (TPSA) is 33.5 Å². The smallest absolute Gasteiger partial charge is 0.217 e.